The number of para-hydroxylation sites is 1. The van der Waals surface area contributed by atoms with Crippen molar-refractivity contribution in [2.45, 2.75) is 13.0 Å². The van der Waals surface area contributed by atoms with E-state index in [4.69, 9.17) is 17.3 Å². The minimum atomic E-state index is 0.577. The molecule has 1 fully saturated rings. The van der Waals surface area contributed by atoms with Crippen molar-refractivity contribution in [3.8, 4) is 0 Å². The van der Waals surface area contributed by atoms with Crippen molar-refractivity contribution in [2.24, 2.45) is 5.92 Å². The van der Waals surface area contributed by atoms with Gasteiger partial charge in [0.25, 0.3) is 0 Å². The van der Waals surface area contributed by atoms with Crippen LogP contribution in [0.2, 0.25) is 5.02 Å². The molecule has 0 aliphatic carbocycles. The highest BCUT2D eigenvalue weighted by atomic mass is 35.5. The Bertz CT molecular complexity index is 406. The Kier molecular flexibility index (Phi) is 3.50. The molecule has 1 aromatic carbocycles. The highest BCUT2D eigenvalue weighted by Crippen LogP contribution is 2.34. The quantitative estimate of drug-likeness (QED) is 0.821. The van der Waals surface area contributed by atoms with E-state index in [1.807, 2.05) is 18.2 Å². The Labute approximate surface area is 108 Å². The fraction of sp³-hybridized carbons (Fsp3) is 0.538. The number of halogens is 1. The first-order valence-corrected chi connectivity index (χ1v) is 6.34. The molecule has 94 valence electrons. The lowest BCUT2D eigenvalue weighted by Crippen LogP contribution is -2.34. The highest BCUT2D eigenvalue weighted by Gasteiger charge is 2.31. The molecule has 1 aliphatic heterocycles. The average Bonchev–Trinajstić information content (AvgIpc) is 2.64. The smallest absolute Gasteiger partial charge is 0.0741 e. The Morgan fingerprint density at radius 1 is 1.35 bits per heavy atom. The topological polar surface area (TPSA) is 32.5 Å². The lowest BCUT2D eigenvalue weighted by Gasteiger charge is -2.23. The minimum Gasteiger partial charge on any atom is -0.396 e. The molecule has 1 aliphatic rings. The summed E-state index contributed by atoms with van der Waals surface area (Å²) in [6, 6.07) is 6.42. The minimum absolute atomic E-state index is 0.577. The Morgan fingerprint density at radius 2 is 2.06 bits per heavy atom. The summed E-state index contributed by atoms with van der Waals surface area (Å²) >= 11 is 6.07. The van der Waals surface area contributed by atoms with Crippen LogP contribution in [-0.2, 0) is 0 Å². The predicted octanol–water partition coefficient (Wildman–Crippen LogP) is 2.31. The first-order valence-electron chi connectivity index (χ1n) is 5.96. The summed E-state index contributed by atoms with van der Waals surface area (Å²) in [4.78, 5) is 4.61. The van der Waals surface area contributed by atoms with Gasteiger partial charge in [-0.25, -0.2) is 0 Å². The summed E-state index contributed by atoms with van der Waals surface area (Å²) in [6.45, 7) is 4.33. The zero-order valence-electron chi connectivity index (χ0n) is 10.7. The van der Waals surface area contributed by atoms with Gasteiger partial charge >= 0.3 is 0 Å². The number of nitrogens with two attached hydrogens (primary N) is 1. The molecule has 1 aromatic rings. The van der Waals surface area contributed by atoms with Gasteiger partial charge in [-0.15, -0.1) is 0 Å². The third-order valence-corrected chi connectivity index (χ3v) is 3.94. The molecule has 1 saturated heterocycles. The first-order chi connectivity index (χ1) is 8.00. The van der Waals surface area contributed by atoms with Gasteiger partial charge in [0.15, 0.2) is 0 Å². The average molecular weight is 254 g/mol. The maximum atomic E-state index is 6.07. The van der Waals surface area contributed by atoms with E-state index < -0.39 is 0 Å². The molecule has 3 nitrogen and oxygen atoms in total. The van der Waals surface area contributed by atoms with Gasteiger partial charge in [0, 0.05) is 19.1 Å². The molecule has 2 atom stereocenters. The summed E-state index contributed by atoms with van der Waals surface area (Å²) in [5.74, 6) is 0.642. The van der Waals surface area contributed by atoms with Gasteiger partial charge in [-0.1, -0.05) is 24.6 Å². The van der Waals surface area contributed by atoms with Crippen LogP contribution in [0.15, 0.2) is 18.2 Å². The van der Waals surface area contributed by atoms with Crippen LogP contribution < -0.4 is 10.6 Å². The molecule has 0 saturated carbocycles. The number of hydrogen-bond donors (Lipinski definition) is 1. The second kappa shape index (κ2) is 4.75. The van der Waals surface area contributed by atoms with Crippen LogP contribution in [0.3, 0.4) is 0 Å². The van der Waals surface area contributed by atoms with Crippen LogP contribution in [0.4, 0.5) is 11.4 Å². The summed E-state index contributed by atoms with van der Waals surface area (Å²) in [5, 5.41) is 0.642. The van der Waals surface area contributed by atoms with Crippen LogP contribution >= 0.6 is 11.6 Å². The van der Waals surface area contributed by atoms with Gasteiger partial charge in [0.05, 0.1) is 16.4 Å². The summed E-state index contributed by atoms with van der Waals surface area (Å²) in [6.07, 6.45) is 0. The highest BCUT2D eigenvalue weighted by molar-refractivity contribution is 6.33. The van der Waals surface area contributed by atoms with Crippen LogP contribution in [0.5, 0.6) is 0 Å². The molecule has 2 unspecified atom stereocenters. The van der Waals surface area contributed by atoms with Gasteiger partial charge < -0.3 is 15.5 Å². The van der Waals surface area contributed by atoms with E-state index in [0.717, 1.165) is 18.8 Å². The Morgan fingerprint density at radius 3 is 2.65 bits per heavy atom. The van der Waals surface area contributed by atoms with Crippen molar-refractivity contribution in [1.29, 1.82) is 0 Å². The van der Waals surface area contributed by atoms with Crippen molar-refractivity contribution >= 4 is 23.0 Å². The van der Waals surface area contributed by atoms with Crippen LogP contribution in [0, 0.1) is 5.92 Å². The van der Waals surface area contributed by atoms with Crippen LogP contribution in [0.25, 0.3) is 0 Å². The van der Waals surface area contributed by atoms with Gasteiger partial charge in [-0.3, -0.25) is 0 Å². The van der Waals surface area contributed by atoms with E-state index in [-0.39, 0.29) is 0 Å². The number of anilines is 2. The maximum absolute atomic E-state index is 6.07. The molecule has 0 radical (unpaired) electrons. The normalized spacial score (nSPS) is 24.6. The molecule has 2 N–H and O–H groups in total. The van der Waals surface area contributed by atoms with Crippen LogP contribution in [0.1, 0.15) is 6.92 Å². The third kappa shape index (κ3) is 2.35. The van der Waals surface area contributed by atoms with E-state index >= 15 is 0 Å². The maximum Gasteiger partial charge on any atom is 0.0741 e. The lowest BCUT2D eigenvalue weighted by molar-refractivity contribution is 0.266. The SMILES string of the molecule is CC1CN(c2cccc(Cl)c2N)CC1N(C)C. The number of benzene rings is 1. The lowest BCUT2D eigenvalue weighted by atomic mass is 10.1. The fourth-order valence-corrected chi connectivity index (χ4v) is 2.79. The van der Waals surface area contributed by atoms with E-state index in [1.165, 1.54) is 0 Å². The number of nitrogen functional groups attached to an aromatic ring is 1. The number of nitrogens with zero attached hydrogens (tertiary/aromatic N) is 2. The molecule has 2 rings (SSSR count). The number of likely N-dealkylation sites (N-methyl/N-ethyl adjacent to an activating group) is 1. The van der Waals surface area contributed by atoms with E-state index in [1.54, 1.807) is 0 Å². The summed E-state index contributed by atoms with van der Waals surface area (Å²) in [5.41, 5.74) is 7.80. The molecule has 1 heterocycles. The summed E-state index contributed by atoms with van der Waals surface area (Å²) < 4.78 is 0. The Balaban J connectivity index is 2.23. The van der Waals surface area contributed by atoms with E-state index in [9.17, 15) is 0 Å². The summed E-state index contributed by atoms with van der Waals surface area (Å²) in [7, 11) is 4.26. The fourth-order valence-electron chi connectivity index (χ4n) is 2.62. The van der Waals surface area contributed by atoms with Crippen molar-refractivity contribution in [3.05, 3.63) is 23.2 Å². The van der Waals surface area contributed by atoms with Gasteiger partial charge in [0.2, 0.25) is 0 Å². The van der Waals surface area contributed by atoms with Crippen molar-refractivity contribution in [1.82, 2.24) is 4.90 Å². The largest absolute Gasteiger partial charge is 0.396 e. The molecule has 0 aromatic heterocycles. The number of hydrogen-bond acceptors (Lipinski definition) is 3. The van der Waals surface area contributed by atoms with E-state index in [0.29, 0.717) is 22.7 Å². The molecule has 0 bridgehead atoms. The zero-order valence-corrected chi connectivity index (χ0v) is 11.4. The van der Waals surface area contributed by atoms with Crippen molar-refractivity contribution in [2.75, 3.05) is 37.8 Å². The molecular weight excluding hydrogens is 234 g/mol. The predicted molar refractivity (Wildman–Crippen MR) is 74.7 cm³/mol. The molecule has 0 amide bonds. The second-order valence-electron chi connectivity index (χ2n) is 5.09. The van der Waals surface area contributed by atoms with E-state index in [2.05, 4.69) is 30.8 Å². The zero-order chi connectivity index (χ0) is 12.6. The monoisotopic (exact) mass is 253 g/mol. The number of rotatable bonds is 2. The van der Waals surface area contributed by atoms with Gasteiger partial charge in [-0.05, 0) is 32.1 Å². The Hall–Kier alpha value is -0.930. The second-order valence-corrected chi connectivity index (χ2v) is 5.49. The van der Waals surface area contributed by atoms with Gasteiger partial charge in [-0.2, -0.15) is 0 Å². The molecule has 17 heavy (non-hydrogen) atoms. The van der Waals surface area contributed by atoms with Gasteiger partial charge in [0.1, 0.15) is 0 Å². The third-order valence-electron chi connectivity index (χ3n) is 3.61. The van der Waals surface area contributed by atoms with Crippen molar-refractivity contribution < 1.29 is 0 Å². The standard InChI is InChI=1S/C13H20ClN3/c1-9-7-17(8-12(9)16(2)3)11-6-4-5-10(14)13(11)15/h4-6,9,12H,7-8,15H2,1-3H3. The van der Waals surface area contributed by atoms with Crippen molar-refractivity contribution in [3.63, 3.8) is 0 Å². The first kappa shape index (κ1) is 12.5. The molecule has 4 heteroatoms. The molecular formula is C13H20ClN3. The molecule has 0 spiro atoms. The van der Waals surface area contributed by atoms with Crippen LogP contribution in [-0.4, -0.2) is 38.1 Å².